The Balaban J connectivity index is 3.15. The predicted molar refractivity (Wildman–Crippen MR) is 32.4 cm³/mol. The van der Waals surface area contributed by atoms with Gasteiger partial charge in [-0.25, -0.2) is 0 Å². The molecule has 0 radical (unpaired) electrons. The summed E-state index contributed by atoms with van der Waals surface area (Å²) in [7, 11) is 0. The standard InChI is InChI=1S/C5H10N2/c1-5(7-2)3-4-6/h4-6H,2-3H2,1H3. The van der Waals surface area contributed by atoms with Gasteiger partial charge in [0.25, 0.3) is 0 Å². The van der Waals surface area contributed by atoms with Crippen molar-refractivity contribution in [3.63, 3.8) is 0 Å². The maximum atomic E-state index is 6.62. The van der Waals surface area contributed by atoms with Crippen LogP contribution in [0.2, 0.25) is 0 Å². The fourth-order valence-corrected chi connectivity index (χ4v) is 0.245. The Bertz CT molecular complexity index is 68.5. The van der Waals surface area contributed by atoms with Crippen LogP contribution in [-0.2, 0) is 0 Å². The van der Waals surface area contributed by atoms with Crippen molar-refractivity contribution >= 4 is 12.9 Å². The Kier molecular flexibility index (Phi) is 3.19. The van der Waals surface area contributed by atoms with Crippen molar-refractivity contribution in [2.24, 2.45) is 4.99 Å². The van der Waals surface area contributed by atoms with E-state index in [4.69, 9.17) is 5.41 Å². The van der Waals surface area contributed by atoms with Crippen molar-refractivity contribution in [2.45, 2.75) is 19.4 Å². The number of nitrogens with zero attached hydrogens (tertiary/aromatic N) is 1. The third-order valence-electron chi connectivity index (χ3n) is 0.771. The zero-order valence-corrected chi connectivity index (χ0v) is 4.52. The van der Waals surface area contributed by atoms with Gasteiger partial charge in [-0.1, -0.05) is 0 Å². The normalized spacial score (nSPS) is 12.7. The number of aliphatic imine (C=N–C) groups is 1. The first-order chi connectivity index (χ1) is 3.31. The Labute approximate surface area is 43.8 Å². The summed E-state index contributed by atoms with van der Waals surface area (Å²) in [6.07, 6.45) is 2.06. The van der Waals surface area contributed by atoms with E-state index < -0.39 is 0 Å². The van der Waals surface area contributed by atoms with Gasteiger partial charge in [0.15, 0.2) is 0 Å². The highest BCUT2D eigenvalue weighted by atomic mass is 14.7. The molecule has 0 aliphatic carbocycles. The van der Waals surface area contributed by atoms with Gasteiger partial charge in [0.2, 0.25) is 0 Å². The molecule has 0 spiro atoms. The van der Waals surface area contributed by atoms with E-state index >= 15 is 0 Å². The van der Waals surface area contributed by atoms with Crippen molar-refractivity contribution in [3.8, 4) is 0 Å². The molecule has 1 N–H and O–H groups in total. The summed E-state index contributed by atoms with van der Waals surface area (Å²) in [5.41, 5.74) is 0. The smallest absolute Gasteiger partial charge is 0.0513 e. The molecule has 1 atom stereocenters. The van der Waals surface area contributed by atoms with Gasteiger partial charge in [-0.2, -0.15) is 0 Å². The Hall–Kier alpha value is -0.660. The van der Waals surface area contributed by atoms with Crippen molar-refractivity contribution in [2.75, 3.05) is 0 Å². The van der Waals surface area contributed by atoms with Crippen LogP contribution < -0.4 is 0 Å². The molecule has 2 nitrogen and oxygen atoms in total. The molecular formula is C5H10N2. The molecule has 0 saturated carbocycles. The molecule has 0 aromatic heterocycles. The van der Waals surface area contributed by atoms with E-state index in [-0.39, 0.29) is 6.04 Å². The summed E-state index contributed by atoms with van der Waals surface area (Å²) >= 11 is 0. The lowest BCUT2D eigenvalue weighted by molar-refractivity contribution is 0.794. The second-order valence-electron chi connectivity index (χ2n) is 1.47. The minimum absolute atomic E-state index is 0.220. The van der Waals surface area contributed by atoms with E-state index in [0.29, 0.717) is 6.42 Å². The third kappa shape index (κ3) is 3.16. The van der Waals surface area contributed by atoms with E-state index in [0.717, 1.165) is 0 Å². The number of nitrogens with one attached hydrogen (secondary N) is 1. The lowest BCUT2D eigenvalue weighted by atomic mass is 10.3. The minimum Gasteiger partial charge on any atom is -0.313 e. The van der Waals surface area contributed by atoms with Gasteiger partial charge in [-0.3, -0.25) is 4.99 Å². The average molecular weight is 98.1 g/mol. The van der Waals surface area contributed by atoms with Gasteiger partial charge in [0.05, 0.1) is 6.04 Å². The molecule has 0 heterocycles. The van der Waals surface area contributed by atoms with Gasteiger partial charge in [0, 0.05) is 6.42 Å². The van der Waals surface area contributed by atoms with Crippen molar-refractivity contribution in [1.29, 1.82) is 5.41 Å². The molecular weight excluding hydrogens is 88.1 g/mol. The van der Waals surface area contributed by atoms with E-state index in [1.807, 2.05) is 6.92 Å². The molecule has 0 aliphatic rings. The Morgan fingerprint density at radius 2 is 2.57 bits per heavy atom. The van der Waals surface area contributed by atoms with E-state index in [1.54, 1.807) is 0 Å². The summed E-state index contributed by atoms with van der Waals surface area (Å²) < 4.78 is 0. The van der Waals surface area contributed by atoms with Gasteiger partial charge < -0.3 is 5.41 Å². The molecule has 0 bridgehead atoms. The molecule has 0 fully saturated rings. The molecule has 1 unspecified atom stereocenters. The highest BCUT2D eigenvalue weighted by Gasteiger charge is 1.88. The zero-order valence-electron chi connectivity index (χ0n) is 4.52. The highest BCUT2D eigenvalue weighted by molar-refractivity contribution is 5.54. The number of hydrogen-bond acceptors (Lipinski definition) is 2. The molecule has 0 aromatic rings. The largest absolute Gasteiger partial charge is 0.313 e. The second-order valence-corrected chi connectivity index (χ2v) is 1.47. The van der Waals surface area contributed by atoms with E-state index in [1.165, 1.54) is 6.21 Å². The van der Waals surface area contributed by atoms with Crippen molar-refractivity contribution in [1.82, 2.24) is 0 Å². The van der Waals surface area contributed by atoms with Crippen molar-refractivity contribution < 1.29 is 0 Å². The summed E-state index contributed by atoms with van der Waals surface area (Å²) in [6.45, 7) is 5.25. The van der Waals surface area contributed by atoms with E-state index in [2.05, 4.69) is 11.7 Å². The van der Waals surface area contributed by atoms with Crippen LogP contribution >= 0.6 is 0 Å². The lowest BCUT2D eigenvalue weighted by Gasteiger charge is -1.94. The Morgan fingerprint density at radius 1 is 2.00 bits per heavy atom. The molecule has 0 rings (SSSR count). The van der Waals surface area contributed by atoms with Crippen molar-refractivity contribution in [3.05, 3.63) is 0 Å². The quantitative estimate of drug-likeness (QED) is 0.513. The van der Waals surface area contributed by atoms with Gasteiger partial charge in [-0.15, -0.1) is 0 Å². The zero-order chi connectivity index (χ0) is 5.70. The monoisotopic (exact) mass is 98.1 g/mol. The molecule has 40 valence electrons. The van der Waals surface area contributed by atoms with Crippen LogP contribution in [-0.4, -0.2) is 19.0 Å². The third-order valence-corrected chi connectivity index (χ3v) is 0.771. The lowest BCUT2D eigenvalue weighted by Crippen LogP contribution is -1.95. The van der Waals surface area contributed by atoms with Crippen LogP contribution in [0.1, 0.15) is 13.3 Å². The molecule has 0 saturated heterocycles. The van der Waals surface area contributed by atoms with E-state index in [9.17, 15) is 0 Å². The van der Waals surface area contributed by atoms with Crippen LogP contribution in [0.3, 0.4) is 0 Å². The fraction of sp³-hybridized carbons (Fsp3) is 0.600. The summed E-state index contributed by atoms with van der Waals surface area (Å²) in [5.74, 6) is 0. The molecule has 0 amide bonds. The van der Waals surface area contributed by atoms with Crippen LogP contribution in [0.25, 0.3) is 0 Å². The maximum absolute atomic E-state index is 6.62. The average Bonchev–Trinajstić information content (AvgIpc) is 1.68. The topological polar surface area (TPSA) is 36.2 Å². The van der Waals surface area contributed by atoms with Gasteiger partial charge in [-0.05, 0) is 19.9 Å². The SMILES string of the molecule is C=NC(C)CC=N. The predicted octanol–water partition coefficient (Wildman–Crippen LogP) is 1.12. The molecule has 0 aromatic carbocycles. The maximum Gasteiger partial charge on any atom is 0.0513 e. The Morgan fingerprint density at radius 3 is 2.71 bits per heavy atom. The summed E-state index contributed by atoms with van der Waals surface area (Å²) in [4.78, 5) is 3.68. The molecule has 2 heteroatoms. The van der Waals surface area contributed by atoms with Crippen LogP contribution in [0.15, 0.2) is 4.99 Å². The first kappa shape index (κ1) is 6.34. The minimum atomic E-state index is 0.220. The fourth-order valence-electron chi connectivity index (χ4n) is 0.245. The van der Waals surface area contributed by atoms with Gasteiger partial charge in [0.1, 0.15) is 0 Å². The summed E-state index contributed by atoms with van der Waals surface area (Å²) in [5, 5.41) is 6.62. The highest BCUT2D eigenvalue weighted by Crippen LogP contribution is 1.88. The second kappa shape index (κ2) is 3.53. The van der Waals surface area contributed by atoms with Crippen LogP contribution in [0, 0.1) is 5.41 Å². The molecule has 0 aliphatic heterocycles. The van der Waals surface area contributed by atoms with Crippen LogP contribution in [0.5, 0.6) is 0 Å². The number of rotatable bonds is 3. The first-order valence-corrected chi connectivity index (χ1v) is 2.26. The first-order valence-electron chi connectivity index (χ1n) is 2.26. The number of hydrogen-bond donors (Lipinski definition) is 1. The van der Waals surface area contributed by atoms with Crippen LogP contribution in [0.4, 0.5) is 0 Å². The molecule has 7 heavy (non-hydrogen) atoms. The van der Waals surface area contributed by atoms with Gasteiger partial charge >= 0.3 is 0 Å². The summed E-state index contributed by atoms with van der Waals surface area (Å²) in [6, 6.07) is 0.220.